The van der Waals surface area contributed by atoms with E-state index in [4.69, 9.17) is 0 Å². The van der Waals surface area contributed by atoms with Gasteiger partial charge in [-0.2, -0.15) is 0 Å². The molecule has 7 heavy (non-hydrogen) atoms. The van der Waals surface area contributed by atoms with Gasteiger partial charge in [0.25, 0.3) is 0 Å². The van der Waals surface area contributed by atoms with E-state index in [1.54, 1.807) is 11.9 Å². The third-order valence-corrected chi connectivity index (χ3v) is 1.42. The van der Waals surface area contributed by atoms with Crippen LogP contribution in [0.25, 0.3) is 0 Å². The molecule has 0 aliphatic rings. The second-order valence-corrected chi connectivity index (χ2v) is 2.39. The lowest BCUT2D eigenvalue weighted by Crippen LogP contribution is -1.89. The highest BCUT2D eigenvalue weighted by molar-refractivity contribution is 8.01. The monoisotopic (exact) mass is 117 g/mol. The molecule has 2 heteroatoms. The highest BCUT2D eigenvalue weighted by Crippen LogP contribution is 2.09. The van der Waals surface area contributed by atoms with E-state index in [0.717, 1.165) is 6.42 Å². The van der Waals surface area contributed by atoms with E-state index < -0.39 is 0 Å². The summed E-state index contributed by atoms with van der Waals surface area (Å²) in [6, 6.07) is 0. The molecular weight excluding hydrogens is 106 g/mol. The van der Waals surface area contributed by atoms with E-state index in [-0.39, 0.29) is 0 Å². The fraction of sp³-hybridized carbons (Fsp3) is 0.600. The number of rotatable bonds is 3. The fourth-order valence-electron chi connectivity index (χ4n) is 0.217. The van der Waals surface area contributed by atoms with Crippen molar-refractivity contribution in [1.29, 1.82) is 0 Å². The van der Waals surface area contributed by atoms with Gasteiger partial charge in [-0.1, -0.05) is 25.5 Å². The van der Waals surface area contributed by atoms with Gasteiger partial charge in [-0.25, -0.2) is 0 Å². The molecule has 0 aromatic carbocycles. The summed E-state index contributed by atoms with van der Waals surface area (Å²) in [5.41, 5.74) is 0. The quantitative estimate of drug-likeness (QED) is 0.565. The summed E-state index contributed by atoms with van der Waals surface area (Å²) >= 11 is 1.59. The Bertz CT molecular complexity index is 61.1. The molecule has 0 radical (unpaired) electrons. The van der Waals surface area contributed by atoms with E-state index in [1.165, 1.54) is 4.91 Å². The molecule has 0 aromatic heterocycles. The molecule has 0 saturated carbocycles. The van der Waals surface area contributed by atoms with Gasteiger partial charge in [-0.05, 0) is 18.4 Å². The predicted molar refractivity (Wildman–Crippen MR) is 36.1 cm³/mol. The molecule has 0 heterocycles. The summed E-state index contributed by atoms with van der Waals surface area (Å²) in [6.07, 6.45) is 1.05. The van der Waals surface area contributed by atoms with Gasteiger partial charge < -0.3 is 0 Å². The minimum atomic E-state index is 1.05. The molecule has 0 bridgehead atoms. The van der Waals surface area contributed by atoms with Crippen molar-refractivity contribution in [2.75, 3.05) is 7.05 Å². The molecule has 42 valence electrons. The minimum Gasteiger partial charge on any atom is -0.263 e. The Hall–Kier alpha value is 0.0500. The smallest absolute Gasteiger partial charge is 0.00532 e. The summed E-state index contributed by atoms with van der Waals surface area (Å²) in [7, 11) is 1.89. The lowest BCUT2D eigenvalue weighted by molar-refractivity contribution is 1.19. The fourth-order valence-corrected chi connectivity index (χ4v) is 0.650. The van der Waals surface area contributed by atoms with Gasteiger partial charge in [-0.15, -0.1) is 0 Å². The molecule has 0 rings (SSSR count). The van der Waals surface area contributed by atoms with Crippen LogP contribution in [-0.2, 0) is 0 Å². The Morgan fingerprint density at radius 3 is 2.57 bits per heavy atom. The van der Waals surface area contributed by atoms with Crippen molar-refractivity contribution in [3.8, 4) is 0 Å². The van der Waals surface area contributed by atoms with Crippen LogP contribution in [0.2, 0.25) is 0 Å². The van der Waals surface area contributed by atoms with Gasteiger partial charge in [0.1, 0.15) is 0 Å². The van der Waals surface area contributed by atoms with Crippen LogP contribution in [0.1, 0.15) is 13.3 Å². The lowest BCUT2D eigenvalue weighted by atomic mass is 10.5. The molecule has 0 atom stereocenters. The van der Waals surface area contributed by atoms with Gasteiger partial charge in [-0.3, -0.25) is 4.72 Å². The highest BCUT2D eigenvalue weighted by atomic mass is 32.2. The zero-order valence-electron chi connectivity index (χ0n) is 4.82. The van der Waals surface area contributed by atoms with Crippen LogP contribution < -0.4 is 4.72 Å². The summed E-state index contributed by atoms with van der Waals surface area (Å²) < 4.78 is 2.94. The predicted octanol–water partition coefficient (Wildman–Crippen LogP) is 1.78. The van der Waals surface area contributed by atoms with Gasteiger partial charge in [0.2, 0.25) is 0 Å². The zero-order chi connectivity index (χ0) is 5.70. The van der Waals surface area contributed by atoms with Crippen molar-refractivity contribution in [3.05, 3.63) is 11.5 Å². The highest BCUT2D eigenvalue weighted by Gasteiger charge is 1.83. The van der Waals surface area contributed by atoms with Crippen molar-refractivity contribution in [2.45, 2.75) is 13.3 Å². The average molecular weight is 117 g/mol. The maximum Gasteiger partial charge on any atom is -0.00532 e. The largest absolute Gasteiger partial charge is 0.263 e. The van der Waals surface area contributed by atoms with Crippen LogP contribution in [0.15, 0.2) is 11.5 Å². The van der Waals surface area contributed by atoms with Gasteiger partial charge in [0.15, 0.2) is 0 Å². The first kappa shape index (κ1) is 7.05. The van der Waals surface area contributed by atoms with E-state index in [2.05, 4.69) is 18.2 Å². The first-order chi connectivity index (χ1) is 3.31. The van der Waals surface area contributed by atoms with Crippen LogP contribution in [-0.4, -0.2) is 7.05 Å². The molecule has 0 saturated heterocycles. The Morgan fingerprint density at radius 2 is 2.43 bits per heavy atom. The molecule has 1 nitrogen and oxygen atoms in total. The number of hydrogen-bond acceptors (Lipinski definition) is 2. The Labute approximate surface area is 49.3 Å². The Morgan fingerprint density at radius 1 is 1.86 bits per heavy atom. The van der Waals surface area contributed by atoms with Crippen molar-refractivity contribution >= 4 is 11.9 Å². The van der Waals surface area contributed by atoms with Crippen molar-refractivity contribution < 1.29 is 0 Å². The van der Waals surface area contributed by atoms with Crippen LogP contribution in [0.3, 0.4) is 0 Å². The van der Waals surface area contributed by atoms with E-state index in [9.17, 15) is 0 Å². The maximum absolute atomic E-state index is 3.76. The molecule has 1 N–H and O–H groups in total. The molecular formula is C5H11NS. The summed E-state index contributed by atoms with van der Waals surface area (Å²) in [5, 5.41) is 0. The summed E-state index contributed by atoms with van der Waals surface area (Å²) in [4.78, 5) is 1.18. The maximum atomic E-state index is 3.76. The van der Waals surface area contributed by atoms with Gasteiger partial charge >= 0.3 is 0 Å². The third-order valence-electron chi connectivity index (χ3n) is 0.641. The number of nitrogens with one attached hydrogen (secondary N) is 1. The molecule has 0 amide bonds. The molecule has 0 spiro atoms. The molecule has 0 fully saturated rings. The van der Waals surface area contributed by atoms with Crippen LogP contribution in [0.4, 0.5) is 0 Å². The van der Waals surface area contributed by atoms with Crippen LogP contribution in [0, 0.1) is 0 Å². The van der Waals surface area contributed by atoms with Crippen LogP contribution >= 0.6 is 11.9 Å². The number of allylic oxidation sites excluding steroid dienone is 1. The normalized spacial score (nSPS) is 8.86. The molecule has 0 unspecified atom stereocenters. The molecule has 0 aliphatic carbocycles. The topological polar surface area (TPSA) is 12.0 Å². The molecule has 0 aliphatic heterocycles. The van der Waals surface area contributed by atoms with Gasteiger partial charge in [0.05, 0.1) is 0 Å². The average Bonchev–Trinajstić information content (AvgIpc) is 1.68. The zero-order valence-corrected chi connectivity index (χ0v) is 5.64. The summed E-state index contributed by atoms with van der Waals surface area (Å²) in [6.45, 7) is 5.85. The lowest BCUT2D eigenvalue weighted by Gasteiger charge is -1.95. The van der Waals surface area contributed by atoms with Crippen molar-refractivity contribution in [1.82, 2.24) is 4.72 Å². The van der Waals surface area contributed by atoms with Crippen LogP contribution in [0.5, 0.6) is 0 Å². The minimum absolute atomic E-state index is 1.05. The van der Waals surface area contributed by atoms with E-state index in [0.29, 0.717) is 0 Å². The first-order valence-corrected chi connectivity index (χ1v) is 3.14. The van der Waals surface area contributed by atoms with Crippen molar-refractivity contribution in [2.24, 2.45) is 0 Å². The van der Waals surface area contributed by atoms with E-state index in [1.807, 2.05) is 7.05 Å². The summed E-state index contributed by atoms with van der Waals surface area (Å²) in [5.74, 6) is 0. The second kappa shape index (κ2) is 4.22. The number of hydrogen-bond donors (Lipinski definition) is 1. The SMILES string of the molecule is C=C(CC)SNC. The van der Waals surface area contributed by atoms with E-state index >= 15 is 0 Å². The van der Waals surface area contributed by atoms with Crippen molar-refractivity contribution in [3.63, 3.8) is 0 Å². The first-order valence-electron chi connectivity index (χ1n) is 2.32. The standard InChI is InChI=1S/C5H11NS/c1-4-5(2)7-6-3/h6H,2,4H2,1,3H3. The Balaban J connectivity index is 3.00. The van der Waals surface area contributed by atoms with Gasteiger partial charge in [0, 0.05) is 0 Å². The molecule has 0 aromatic rings. The second-order valence-electron chi connectivity index (χ2n) is 1.20. The third kappa shape index (κ3) is 3.89. The Kier molecular flexibility index (Phi) is 4.25.